The van der Waals surface area contributed by atoms with Crippen LogP contribution in [0, 0.1) is 20.8 Å². The molecule has 0 aliphatic rings. The molecule has 0 aliphatic heterocycles. The summed E-state index contributed by atoms with van der Waals surface area (Å²) in [6, 6.07) is 7.72. The third kappa shape index (κ3) is 3.15. The van der Waals surface area contributed by atoms with Crippen molar-refractivity contribution in [3.8, 4) is 0 Å². The van der Waals surface area contributed by atoms with E-state index < -0.39 is 0 Å². The third-order valence-electron chi connectivity index (χ3n) is 3.29. The summed E-state index contributed by atoms with van der Waals surface area (Å²) < 4.78 is 1.81. The third-order valence-corrected chi connectivity index (χ3v) is 3.29. The van der Waals surface area contributed by atoms with Crippen molar-refractivity contribution in [3.63, 3.8) is 0 Å². The molecule has 0 unspecified atom stereocenters. The van der Waals surface area contributed by atoms with E-state index >= 15 is 0 Å². The number of benzene rings is 1. The van der Waals surface area contributed by atoms with E-state index in [0.717, 1.165) is 22.6 Å². The fraction of sp³-hybridized carbons (Fsp3) is 0.250. The first-order chi connectivity index (χ1) is 9.47. The summed E-state index contributed by atoms with van der Waals surface area (Å²) in [5, 5.41) is 7.15. The molecule has 1 aromatic heterocycles. The highest BCUT2D eigenvalue weighted by molar-refractivity contribution is 6.02. The van der Waals surface area contributed by atoms with Gasteiger partial charge in [0.25, 0.3) is 0 Å². The van der Waals surface area contributed by atoms with Gasteiger partial charge >= 0.3 is 0 Å². The van der Waals surface area contributed by atoms with E-state index in [9.17, 15) is 4.79 Å². The first kappa shape index (κ1) is 14.1. The van der Waals surface area contributed by atoms with Gasteiger partial charge in [-0.05, 0) is 39.0 Å². The van der Waals surface area contributed by atoms with Crippen LogP contribution < -0.4 is 5.32 Å². The molecular weight excluding hydrogens is 250 g/mol. The number of carbonyl (C=O) groups is 1. The Balaban J connectivity index is 2.07. The maximum Gasteiger partial charge on any atom is 0.248 e. The van der Waals surface area contributed by atoms with E-state index in [-0.39, 0.29) is 5.91 Å². The number of nitrogens with zero attached hydrogens (tertiary/aromatic N) is 2. The predicted molar refractivity (Wildman–Crippen MR) is 81.5 cm³/mol. The lowest BCUT2D eigenvalue weighted by molar-refractivity contribution is -0.111. The minimum atomic E-state index is -0.142. The lowest BCUT2D eigenvalue weighted by Gasteiger charge is -2.02. The minimum Gasteiger partial charge on any atom is -0.323 e. The molecule has 1 amide bonds. The number of hydrogen-bond acceptors (Lipinski definition) is 2. The zero-order valence-corrected chi connectivity index (χ0v) is 12.3. The van der Waals surface area contributed by atoms with Crippen LogP contribution in [0.25, 0.3) is 6.08 Å². The summed E-state index contributed by atoms with van der Waals surface area (Å²) in [5.74, 6) is -0.142. The number of anilines is 1. The molecule has 0 atom stereocenters. The van der Waals surface area contributed by atoms with Crippen LogP contribution in [0.2, 0.25) is 0 Å². The van der Waals surface area contributed by atoms with E-state index in [4.69, 9.17) is 0 Å². The largest absolute Gasteiger partial charge is 0.323 e. The standard InChI is InChI=1S/C16H19N3O/c1-11-5-7-14(8-6-11)17-16(20)10-9-15-12(2)18-19(4)13(15)3/h5-10H,1-4H3,(H,17,20). The molecule has 0 bridgehead atoms. The van der Waals surface area contributed by atoms with Gasteiger partial charge < -0.3 is 5.32 Å². The van der Waals surface area contributed by atoms with Gasteiger partial charge in [-0.2, -0.15) is 5.10 Å². The van der Waals surface area contributed by atoms with Crippen LogP contribution in [0.15, 0.2) is 30.3 Å². The molecule has 4 nitrogen and oxygen atoms in total. The molecule has 0 saturated heterocycles. The van der Waals surface area contributed by atoms with Crippen LogP contribution in [0.1, 0.15) is 22.5 Å². The number of nitrogens with one attached hydrogen (secondary N) is 1. The average molecular weight is 269 g/mol. The van der Waals surface area contributed by atoms with Crippen LogP contribution in [0.3, 0.4) is 0 Å². The quantitative estimate of drug-likeness (QED) is 0.871. The maximum absolute atomic E-state index is 11.9. The molecule has 1 N–H and O–H groups in total. The lowest BCUT2D eigenvalue weighted by Crippen LogP contribution is -2.07. The molecule has 0 fully saturated rings. The number of aromatic nitrogens is 2. The minimum absolute atomic E-state index is 0.142. The smallest absolute Gasteiger partial charge is 0.248 e. The highest BCUT2D eigenvalue weighted by atomic mass is 16.1. The predicted octanol–water partition coefficient (Wildman–Crippen LogP) is 3.00. The summed E-state index contributed by atoms with van der Waals surface area (Å²) >= 11 is 0. The number of rotatable bonds is 3. The number of carbonyl (C=O) groups excluding carboxylic acids is 1. The molecular formula is C16H19N3O. The van der Waals surface area contributed by atoms with Crippen molar-refractivity contribution in [1.82, 2.24) is 9.78 Å². The molecule has 0 radical (unpaired) electrons. The molecule has 4 heteroatoms. The summed E-state index contributed by atoms with van der Waals surface area (Å²) in [5.41, 5.74) is 4.92. The molecule has 1 heterocycles. The van der Waals surface area contributed by atoms with Gasteiger partial charge in [-0.1, -0.05) is 17.7 Å². The van der Waals surface area contributed by atoms with Crippen LogP contribution in [0.4, 0.5) is 5.69 Å². The van der Waals surface area contributed by atoms with E-state index in [1.54, 1.807) is 6.08 Å². The Morgan fingerprint density at radius 1 is 1.20 bits per heavy atom. The van der Waals surface area contributed by atoms with E-state index in [1.165, 1.54) is 11.6 Å². The summed E-state index contributed by atoms with van der Waals surface area (Å²) in [6.45, 7) is 5.93. The van der Waals surface area contributed by atoms with Gasteiger partial charge in [-0.15, -0.1) is 0 Å². The molecule has 0 saturated carbocycles. The van der Waals surface area contributed by atoms with Crippen molar-refractivity contribution in [2.75, 3.05) is 5.32 Å². The number of hydrogen-bond donors (Lipinski definition) is 1. The van der Waals surface area contributed by atoms with Crippen molar-refractivity contribution in [2.45, 2.75) is 20.8 Å². The Morgan fingerprint density at radius 2 is 1.85 bits per heavy atom. The molecule has 2 rings (SSSR count). The van der Waals surface area contributed by atoms with Gasteiger partial charge in [0.2, 0.25) is 5.91 Å². The molecule has 20 heavy (non-hydrogen) atoms. The Bertz CT molecular complexity index is 651. The zero-order valence-electron chi connectivity index (χ0n) is 12.3. The molecule has 0 aliphatic carbocycles. The fourth-order valence-electron chi connectivity index (χ4n) is 2.01. The van der Waals surface area contributed by atoms with Crippen molar-refractivity contribution in [1.29, 1.82) is 0 Å². The van der Waals surface area contributed by atoms with Crippen LogP contribution in [0.5, 0.6) is 0 Å². The topological polar surface area (TPSA) is 46.9 Å². The Labute approximate surface area is 119 Å². The first-order valence-electron chi connectivity index (χ1n) is 6.53. The summed E-state index contributed by atoms with van der Waals surface area (Å²) in [4.78, 5) is 11.9. The fourth-order valence-corrected chi connectivity index (χ4v) is 2.01. The van der Waals surface area contributed by atoms with Gasteiger partial charge in [0.05, 0.1) is 5.69 Å². The van der Waals surface area contributed by atoms with Crippen molar-refractivity contribution < 1.29 is 4.79 Å². The van der Waals surface area contributed by atoms with Gasteiger partial charge in [0.1, 0.15) is 0 Å². The summed E-state index contributed by atoms with van der Waals surface area (Å²) in [7, 11) is 1.89. The normalized spacial score (nSPS) is 11.0. The van der Waals surface area contributed by atoms with Crippen LogP contribution in [-0.2, 0) is 11.8 Å². The SMILES string of the molecule is Cc1ccc(NC(=O)C=Cc2c(C)nn(C)c2C)cc1. The monoisotopic (exact) mass is 269 g/mol. The van der Waals surface area contributed by atoms with Crippen molar-refractivity contribution in [2.24, 2.45) is 7.05 Å². The summed E-state index contributed by atoms with van der Waals surface area (Å²) in [6.07, 6.45) is 3.35. The second-order valence-corrected chi connectivity index (χ2v) is 4.90. The van der Waals surface area contributed by atoms with Gasteiger partial charge in [0, 0.05) is 30.1 Å². The van der Waals surface area contributed by atoms with Crippen molar-refractivity contribution >= 4 is 17.7 Å². The van der Waals surface area contributed by atoms with Crippen LogP contribution >= 0.6 is 0 Å². The second kappa shape index (κ2) is 5.74. The van der Waals surface area contributed by atoms with E-state index in [1.807, 2.05) is 56.8 Å². The van der Waals surface area contributed by atoms with E-state index in [2.05, 4.69) is 10.4 Å². The highest BCUT2D eigenvalue weighted by Crippen LogP contribution is 2.14. The van der Waals surface area contributed by atoms with E-state index in [0.29, 0.717) is 0 Å². The maximum atomic E-state index is 11.9. The van der Waals surface area contributed by atoms with Gasteiger partial charge in [-0.3, -0.25) is 9.48 Å². The Hall–Kier alpha value is -2.36. The Morgan fingerprint density at radius 3 is 2.40 bits per heavy atom. The van der Waals surface area contributed by atoms with Crippen molar-refractivity contribution in [3.05, 3.63) is 52.9 Å². The molecule has 2 aromatic rings. The zero-order chi connectivity index (χ0) is 14.7. The average Bonchev–Trinajstić information content (AvgIpc) is 2.64. The first-order valence-corrected chi connectivity index (χ1v) is 6.53. The van der Waals surface area contributed by atoms with Crippen LogP contribution in [-0.4, -0.2) is 15.7 Å². The molecule has 1 aromatic carbocycles. The lowest BCUT2D eigenvalue weighted by atomic mass is 10.2. The molecule has 0 spiro atoms. The van der Waals surface area contributed by atoms with Gasteiger partial charge in [0.15, 0.2) is 0 Å². The molecule has 104 valence electrons. The highest BCUT2D eigenvalue weighted by Gasteiger charge is 2.06. The second-order valence-electron chi connectivity index (χ2n) is 4.90. The Kier molecular flexibility index (Phi) is 4.03. The number of aryl methyl sites for hydroxylation is 3. The van der Waals surface area contributed by atoms with Gasteiger partial charge in [-0.25, -0.2) is 0 Å². The number of amides is 1.